The lowest BCUT2D eigenvalue weighted by atomic mass is 9.93. The molecule has 150 valence electrons. The molecule has 2 N–H and O–H groups in total. The molecular formula is C17H32ClN5O2S. The molecule has 1 unspecified atom stereocenters. The molecular weight excluding hydrogens is 374 g/mol. The van der Waals surface area contributed by atoms with Gasteiger partial charge in [-0.25, -0.2) is 18.1 Å². The van der Waals surface area contributed by atoms with E-state index >= 15 is 0 Å². The summed E-state index contributed by atoms with van der Waals surface area (Å²) in [5.74, 6) is 1.26. The zero-order valence-corrected chi connectivity index (χ0v) is 17.4. The molecule has 2 heterocycles. The number of piperidine rings is 1. The van der Waals surface area contributed by atoms with Gasteiger partial charge in [0, 0.05) is 25.0 Å². The Morgan fingerprint density at radius 2 is 2.15 bits per heavy atom. The number of hydrogen-bond donors (Lipinski definition) is 2. The van der Waals surface area contributed by atoms with Crippen LogP contribution in [-0.4, -0.2) is 61.3 Å². The van der Waals surface area contributed by atoms with Crippen molar-refractivity contribution in [1.82, 2.24) is 24.5 Å². The summed E-state index contributed by atoms with van der Waals surface area (Å²) >= 11 is 0. The van der Waals surface area contributed by atoms with Crippen LogP contribution in [0.25, 0.3) is 0 Å². The van der Waals surface area contributed by atoms with Crippen molar-refractivity contribution in [2.45, 2.75) is 51.7 Å². The molecule has 1 aromatic rings. The maximum atomic E-state index is 11.7. The first-order valence-electron chi connectivity index (χ1n) is 9.36. The van der Waals surface area contributed by atoms with E-state index in [1.165, 1.54) is 26.3 Å². The number of hydrogen-bond acceptors (Lipinski definition) is 5. The van der Waals surface area contributed by atoms with Gasteiger partial charge >= 0.3 is 0 Å². The normalized spacial score (nSPS) is 21.7. The van der Waals surface area contributed by atoms with E-state index in [2.05, 4.69) is 31.4 Å². The van der Waals surface area contributed by atoms with Crippen molar-refractivity contribution < 1.29 is 8.42 Å². The molecule has 26 heavy (non-hydrogen) atoms. The molecule has 0 aromatic carbocycles. The van der Waals surface area contributed by atoms with E-state index in [1.54, 1.807) is 0 Å². The fourth-order valence-corrected chi connectivity index (χ4v) is 4.88. The average molecular weight is 406 g/mol. The predicted molar refractivity (Wildman–Crippen MR) is 106 cm³/mol. The number of rotatable bonds is 9. The van der Waals surface area contributed by atoms with E-state index in [0.717, 1.165) is 38.5 Å². The number of sulfonamides is 1. The van der Waals surface area contributed by atoms with Crippen molar-refractivity contribution in [2.75, 3.05) is 32.4 Å². The molecule has 2 fully saturated rings. The minimum atomic E-state index is -3.14. The molecule has 1 aliphatic heterocycles. The van der Waals surface area contributed by atoms with Gasteiger partial charge in [0.25, 0.3) is 0 Å². The smallest absolute Gasteiger partial charge is 0.211 e. The Morgan fingerprint density at radius 3 is 2.81 bits per heavy atom. The monoisotopic (exact) mass is 405 g/mol. The third kappa shape index (κ3) is 4.98. The molecule has 3 rings (SSSR count). The summed E-state index contributed by atoms with van der Waals surface area (Å²) in [6.07, 6.45) is 8.22. The highest BCUT2D eigenvalue weighted by molar-refractivity contribution is 7.89. The molecule has 1 aliphatic carbocycles. The van der Waals surface area contributed by atoms with Gasteiger partial charge in [-0.15, -0.1) is 12.4 Å². The van der Waals surface area contributed by atoms with Crippen molar-refractivity contribution in [3.8, 4) is 0 Å². The molecule has 1 aromatic heterocycles. The molecule has 1 saturated carbocycles. The summed E-state index contributed by atoms with van der Waals surface area (Å²) in [6, 6.07) is 0.564. The van der Waals surface area contributed by atoms with E-state index in [1.807, 2.05) is 12.4 Å². The number of aryl methyl sites for hydroxylation is 1. The van der Waals surface area contributed by atoms with Gasteiger partial charge in [0.05, 0.1) is 12.3 Å². The summed E-state index contributed by atoms with van der Waals surface area (Å²) in [7, 11) is -1.65. The molecule has 9 heteroatoms. The lowest BCUT2D eigenvalue weighted by Crippen LogP contribution is -2.37. The summed E-state index contributed by atoms with van der Waals surface area (Å²) in [6.45, 7) is 6.85. The second-order valence-electron chi connectivity index (χ2n) is 7.31. The Labute approximate surface area is 163 Å². The maximum Gasteiger partial charge on any atom is 0.211 e. The van der Waals surface area contributed by atoms with Gasteiger partial charge in [-0.05, 0) is 64.7 Å². The van der Waals surface area contributed by atoms with E-state index in [0.29, 0.717) is 17.9 Å². The number of nitrogens with zero attached hydrogens (tertiary/aromatic N) is 3. The number of halogens is 1. The quantitative estimate of drug-likeness (QED) is 0.645. The SMILES string of the molecule is CCn1ccnc1CN(CCCS(=O)(=O)NC)C1CC12CCNCC2.Cl. The third-order valence-corrected chi connectivity index (χ3v) is 7.29. The van der Waals surface area contributed by atoms with Crippen molar-refractivity contribution in [3.05, 3.63) is 18.2 Å². The molecule has 0 bridgehead atoms. The molecule has 1 atom stereocenters. The van der Waals surface area contributed by atoms with Crippen LogP contribution in [0, 0.1) is 5.41 Å². The maximum absolute atomic E-state index is 11.7. The highest BCUT2D eigenvalue weighted by Gasteiger charge is 2.56. The van der Waals surface area contributed by atoms with Crippen molar-refractivity contribution >= 4 is 22.4 Å². The Morgan fingerprint density at radius 1 is 1.42 bits per heavy atom. The van der Waals surface area contributed by atoms with Crippen LogP contribution >= 0.6 is 12.4 Å². The number of imidazole rings is 1. The van der Waals surface area contributed by atoms with Crippen LogP contribution in [0.2, 0.25) is 0 Å². The fraction of sp³-hybridized carbons (Fsp3) is 0.824. The van der Waals surface area contributed by atoms with Crippen LogP contribution in [0.1, 0.15) is 38.4 Å². The Hall–Kier alpha value is -0.670. The molecule has 0 radical (unpaired) electrons. The fourth-order valence-electron chi connectivity index (χ4n) is 4.17. The van der Waals surface area contributed by atoms with Crippen LogP contribution in [0.15, 0.2) is 12.4 Å². The second-order valence-corrected chi connectivity index (χ2v) is 9.35. The van der Waals surface area contributed by atoms with Gasteiger partial charge in [0.1, 0.15) is 5.82 Å². The average Bonchev–Trinajstić information content (AvgIpc) is 3.09. The van der Waals surface area contributed by atoms with E-state index in [-0.39, 0.29) is 18.2 Å². The Kier molecular flexibility index (Phi) is 7.50. The highest BCUT2D eigenvalue weighted by atomic mass is 35.5. The summed E-state index contributed by atoms with van der Waals surface area (Å²) in [5.41, 5.74) is 0.441. The van der Waals surface area contributed by atoms with Crippen LogP contribution < -0.4 is 10.0 Å². The highest BCUT2D eigenvalue weighted by Crippen LogP contribution is 2.56. The first-order chi connectivity index (χ1) is 12.0. The number of aromatic nitrogens is 2. The van der Waals surface area contributed by atoms with Crippen LogP contribution in [-0.2, 0) is 23.1 Å². The first kappa shape index (κ1) is 21.6. The third-order valence-electron chi connectivity index (χ3n) is 5.84. The van der Waals surface area contributed by atoms with Crippen LogP contribution in [0.5, 0.6) is 0 Å². The van der Waals surface area contributed by atoms with Gasteiger partial charge in [-0.2, -0.15) is 0 Å². The Balaban J connectivity index is 0.00000243. The van der Waals surface area contributed by atoms with Gasteiger partial charge in [0.2, 0.25) is 10.0 Å². The summed E-state index contributed by atoms with van der Waals surface area (Å²) in [5, 5.41) is 3.45. The largest absolute Gasteiger partial charge is 0.334 e. The van der Waals surface area contributed by atoms with Crippen LogP contribution in [0.4, 0.5) is 0 Å². The minimum absolute atomic E-state index is 0. The molecule has 7 nitrogen and oxygen atoms in total. The number of nitrogens with one attached hydrogen (secondary N) is 2. The van der Waals surface area contributed by atoms with Gasteiger partial charge in [-0.3, -0.25) is 4.90 Å². The second kappa shape index (κ2) is 9.01. The standard InChI is InChI=1S/C17H31N5O2S.ClH/c1-3-21-11-9-20-16(21)14-22(10-4-12-25(23,24)18-2)15-13-17(15)5-7-19-8-6-17;/h9,11,15,18-19H,3-8,10,12-14H2,1-2H3;1H. The van der Waals surface area contributed by atoms with E-state index in [4.69, 9.17) is 0 Å². The van der Waals surface area contributed by atoms with Gasteiger partial charge < -0.3 is 9.88 Å². The molecule has 2 aliphatic rings. The zero-order chi connectivity index (χ0) is 17.9. The topological polar surface area (TPSA) is 79.3 Å². The minimum Gasteiger partial charge on any atom is -0.334 e. The lowest BCUT2D eigenvalue weighted by molar-refractivity contribution is 0.190. The van der Waals surface area contributed by atoms with Crippen molar-refractivity contribution in [1.29, 1.82) is 0 Å². The summed E-state index contributed by atoms with van der Waals surface area (Å²) < 4.78 is 28.0. The summed E-state index contributed by atoms with van der Waals surface area (Å²) in [4.78, 5) is 7.00. The lowest BCUT2D eigenvalue weighted by Gasteiger charge is -2.29. The predicted octanol–water partition coefficient (Wildman–Crippen LogP) is 1.21. The van der Waals surface area contributed by atoms with E-state index in [9.17, 15) is 8.42 Å². The first-order valence-corrected chi connectivity index (χ1v) is 11.0. The van der Waals surface area contributed by atoms with Gasteiger partial charge in [-0.1, -0.05) is 0 Å². The van der Waals surface area contributed by atoms with Gasteiger partial charge in [0.15, 0.2) is 0 Å². The molecule has 1 spiro atoms. The molecule has 0 amide bonds. The molecule has 1 saturated heterocycles. The van der Waals surface area contributed by atoms with Crippen molar-refractivity contribution in [3.63, 3.8) is 0 Å². The van der Waals surface area contributed by atoms with Crippen LogP contribution in [0.3, 0.4) is 0 Å². The van der Waals surface area contributed by atoms with E-state index < -0.39 is 10.0 Å². The van der Waals surface area contributed by atoms with Crippen molar-refractivity contribution in [2.24, 2.45) is 5.41 Å². The Bertz CT molecular complexity index is 672. The zero-order valence-electron chi connectivity index (χ0n) is 15.8.